The third-order valence-corrected chi connectivity index (χ3v) is 3.37. The summed E-state index contributed by atoms with van der Waals surface area (Å²) >= 11 is 0. The Bertz CT molecular complexity index is 386. The Morgan fingerprint density at radius 3 is 2.37 bits per heavy atom. The lowest BCUT2D eigenvalue weighted by Crippen LogP contribution is -2.16. The summed E-state index contributed by atoms with van der Waals surface area (Å²) in [5, 5.41) is 17.6. The van der Waals surface area contributed by atoms with E-state index in [0.29, 0.717) is 6.61 Å². The van der Waals surface area contributed by atoms with Crippen molar-refractivity contribution in [1.82, 2.24) is 0 Å². The van der Waals surface area contributed by atoms with E-state index < -0.39 is 11.9 Å². The van der Waals surface area contributed by atoms with Gasteiger partial charge in [-0.25, -0.2) is 0 Å². The SMILES string of the molecule is CC(C(=O)O)C(C)c1ccc(OCCCCO)cc1. The van der Waals surface area contributed by atoms with Crippen LogP contribution >= 0.6 is 0 Å². The molecule has 4 nitrogen and oxygen atoms in total. The maximum Gasteiger partial charge on any atom is 0.306 e. The minimum atomic E-state index is -0.781. The first kappa shape index (κ1) is 15.5. The summed E-state index contributed by atoms with van der Waals surface area (Å²) in [6.45, 7) is 4.40. The maximum atomic E-state index is 10.9. The molecule has 4 heteroatoms. The zero-order valence-corrected chi connectivity index (χ0v) is 11.5. The van der Waals surface area contributed by atoms with Crippen LogP contribution in [-0.4, -0.2) is 29.4 Å². The van der Waals surface area contributed by atoms with Crippen LogP contribution in [0.5, 0.6) is 5.75 Å². The minimum absolute atomic E-state index is 0.0269. The molecule has 0 bridgehead atoms. The maximum absolute atomic E-state index is 10.9. The molecular weight excluding hydrogens is 244 g/mol. The fourth-order valence-corrected chi connectivity index (χ4v) is 1.77. The van der Waals surface area contributed by atoms with Crippen molar-refractivity contribution in [1.29, 1.82) is 0 Å². The summed E-state index contributed by atoms with van der Waals surface area (Å²) in [4.78, 5) is 10.9. The number of ether oxygens (including phenoxy) is 1. The number of aliphatic hydroxyl groups excluding tert-OH is 1. The van der Waals surface area contributed by atoms with Crippen LogP contribution in [-0.2, 0) is 4.79 Å². The van der Waals surface area contributed by atoms with Gasteiger partial charge in [0.2, 0.25) is 0 Å². The van der Waals surface area contributed by atoms with E-state index in [9.17, 15) is 4.79 Å². The molecule has 0 aliphatic rings. The molecule has 0 fully saturated rings. The van der Waals surface area contributed by atoms with Crippen LogP contribution in [0.2, 0.25) is 0 Å². The van der Waals surface area contributed by atoms with E-state index in [4.69, 9.17) is 14.9 Å². The number of carboxylic acid groups (broad SMARTS) is 1. The molecule has 106 valence electrons. The van der Waals surface area contributed by atoms with Gasteiger partial charge in [0.05, 0.1) is 12.5 Å². The van der Waals surface area contributed by atoms with Gasteiger partial charge in [-0.15, -0.1) is 0 Å². The summed E-state index contributed by atoms with van der Waals surface area (Å²) in [5.74, 6) is -0.439. The number of aliphatic carboxylic acids is 1. The summed E-state index contributed by atoms with van der Waals surface area (Å²) in [6.07, 6.45) is 1.57. The smallest absolute Gasteiger partial charge is 0.306 e. The predicted octanol–water partition coefficient (Wildman–Crippen LogP) is 2.66. The van der Waals surface area contributed by atoms with Crippen molar-refractivity contribution < 1.29 is 19.7 Å². The average molecular weight is 266 g/mol. The molecule has 0 aliphatic heterocycles. The summed E-state index contributed by atoms with van der Waals surface area (Å²) in [6, 6.07) is 7.54. The van der Waals surface area contributed by atoms with Crippen LogP contribution in [0.1, 0.15) is 38.2 Å². The van der Waals surface area contributed by atoms with E-state index in [1.807, 2.05) is 31.2 Å². The molecule has 0 heterocycles. The summed E-state index contributed by atoms with van der Waals surface area (Å²) in [5.41, 5.74) is 0.998. The normalized spacial score (nSPS) is 13.8. The van der Waals surface area contributed by atoms with E-state index in [0.717, 1.165) is 24.2 Å². The Balaban J connectivity index is 2.53. The third kappa shape index (κ3) is 4.91. The highest BCUT2D eigenvalue weighted by molar-refractivity contribution is 5.70. The first-order chi connectivity index (χ1) is 9.06. The summed E-state index contributed by atoms with van der Waals surface area (Å²) < 4.78 is 5.52. The van der Waals surface area contributed by atoms with E-state index >= 15 is 0 Å². The second kappa shape index (κ2) is 7.79. The standard InChI is InChI=1S/C15H22O4/c1-11(12(2)15(17)18)13-5-7-14(8-6-13)19-10-4-3-9-16/h5-8,11-12,16H,3-4,9-10H2,1-2H3,(H,17,18). The van der Waals surface area contributed by atoms with Gasteiger partial charge >= 0.3 is 5.97 Å². The van der Waals surface area contributed by atoms with Crippen molar-refractivity contribution in [2.24, 2.45) is 5.92 Å². The monoisotopic (exact) mass is 266 g/mol. The Morgan fingerprint density at radius 1 is 1.21 bits per heavy atom. The van der Waals surface area contributed by atoms with Crippen LogP contribution in [0.25, 0.3) is 0 Å². The topological polar surface area (TPSA) is 66.8 Å². The van der Waals surface area contributed by atoms with Gasteiger partial charge in [0.1, 0.15) is 5.75 Å². The fourth-order valence-electron chi connectivity index (χ4n) is 1.77. The number of hydrogen-bond donors (Lipinski definition) is 2. The number of carboxylic acids is 1. The van der Waals surface area contributed by atoms with Gasteiger partial charge in [0.25, 0.3) is 0 Å². The van der Waals surface area contributed by atoms with Crippen molar-refractivity contribution >= 4 is 5.97 Å². The van der Waals surface area contributed by atoms with Crippen molar-refractivity contribution in [3.05, 3.63) is 29.8 Å². The Morgan fingerprint density at radius 2 is 1.84 bits per heavy atom. The van der Waals surface area contributed by atoms with Crippen molar-refractivity contribution in [3.63, 3.8) is 0 Å². The Hall–Kier alpha value is -1.55. The molecule has 0 aromatic heterocycles. The van der Waals surface area contributed by atoms with Crippen LogP contribution in [0.4, 0.5) is 0 Å². The third-order valence-electron chi connectivity index (χ3n) is 3.37. The highest BCUT2D eigenvalue weighted by Gasteiger charge is 2.20. The lowest BCUT2D eigenvalue weighted by Gasteiger charge is -2.16. The summed E-state index contributed by atoms with van der Waals surface area (Å²) in [7, 11) is 0. The minimum Gasteiger partial charge on any atom is -0.494 e. The fraction of sp³-hybridized carbons (Fsp3) is 0.533. The largest absolute Gasteiger partial charge is 0.494 e. The van der Waals surface area contributed by atoms with Crippen LogP contribution in [0.3, 0.4) is 0 Å². The molecule has 2 N–H and O–H groups in total. The molecule has 0 saturated heterocycles. The van der Waals surface area contributed by atoms with E-state index in [1.165, 1.54) is 0 Å². The Kier molecular flexibility index (Phi) is 6.36. The number of rotatable bonds is 8. The molecule has 1 rings (SSSR count). The van der Waals surface area contributed by atoms with E-state index in [-0.39, 0.29) is 12.5 Å². The molecule has 0 radical (unpaired) electrons. The molecule has 1 aromatic carbocycles. The number of aliphatic hydroxyl groups is 1. The first-order valence-corrected chi connectivity index (χ1v) is 6.62. The molecule has 2 unspecified atom stereocenters. The number of unbranched alkanes of at least 4 members (excludes halogenated alkanes) is 1. The average Bonchev–Trinajstić information content (AvgIpc) is 2.42. The van der Waals surface area contributed by atoms with Gasteiger partial charge in [0.15, 0.2) is 0 Å². The molecule has 0 amide bonds. The first-order valence-electron chi connectivity index (χ1n) is 6.62. The van der Waals surface area contributed by atoms with E-state index in [2.05, 4.69) is 0 Å². The predicted molar refractivity (Wildman–Crippen MR) is 73.5 cm³/mol. The van der Waals surface area contributed by atoms with Crippen LogP contribution in [0, 0.1) is 5.92 Å². The van der Waals surface area contributed by atoms with Gasteiger partial charge in [-0.1, -0.05) is 26.0 Å². The highest BCUT2D eigenvalue weighted by atomic mass is 16.5. The molecule has 0 saturated carbocycles. The van der Waals surface area contributed by atoms with Gasteiger partial charge in [-0.05, 0) is 36.5 Å². The van der Waals surface area contributed by atoms with E-state index in [1.54, 1.807) is 6.92 Å². The molecule has 0 spiro atoms. The Labute approximate surface area is 114 Å². The van der Waals surface area contributed by atoms with Crippen LogP contribution in [0.15, 0.2) is 24.3 Å². The lowest BCUT2D eigenvalue weighted by molar-refractivity contribution is -0.141. The molecule has 0 aliphatic carbocycles. The van der Waals surface area contributed by atoms with Crippen LogP contribution < -0.4 is 4.74 Å². The van der Waals surface area contributed by atoms with Crippen molar-refractivity contribution in [3.8, 4) is 5.75 Å². The van der Waals surface area contributed by atoms with Crippen molar-refractivity contribution in [2.45, 2.75) is 32.6 Å². The van der Waals surface area contributed by atoms with Crippen molar-refractivity contribution in [2.75, 3.05) is 13.2 Å². The zero-order chi connectivity index (χ0) is 14.3. The van der Waals surface area contributed by atoms with Gasteiger partial charge in [0, 0.05) is 6.61 Å². The molecule has 19 heavy (non-hydrogen) atoms. The molecule has 1 aromatic rings. The number of benzene rings is 1. The second-order valence-corrected chi connectivity index (χ2v) is 4.76. The molecular formula is C15H22O4. The number of carbonyl (C=O) groups is 1. The number of hydrogen-bond acceptors (Lipinski definition) is 3. The molecule has 2 atom stereocenters. The van der Waals surface area contributed by atoms with Gasteiger partial charge in [-0.2, -0.15) is 0 Å². The van der Waals surface area contributed by atoms with Gasteiger partial charge < -0.3 is 14.9 Å². The lowest BCUT2D eigenvalue weighted by atomic mass is 9.89. The second-order valence-electron chi connectivity index (χ2n) is 4.76. The van der Waals surface area contributed by atoms with Gasteiger partial charge in [-0.3, -0.25) is 4.79 Å². The quantitative estimate of drug-likeness (QED) is 0.710. The highest BCUT2D eigenvalue weighted by Crippen LogP contribution is 2.26. The zero-order valence-electron chi connectivity index (χ0n) is 11.5.